The highest BCUT2D eigenvalue weighted by Crippen LogP contribution is 2.26. The summed E-state index contributed by atoms with van der Waals surface area (Å²) in [4.78, 5) is 39.5. The van der Waals surface area contributed by atoms with Gasteiger partial charge in [-0.15, -0.1) is 0 Å². The third kappa shape index (κ3) is 4.25. The zero-order chi connectivity index (χ0) is 20.9. The molecule has 4 rings (SSSR count). The largest absolute Gasteiger partial charge is 0.444 e. The van der Waals surface area contributed by atoms with Crippen LogP contribution in [0.5, 0.6) is 0 Å². The van der Waals surface area contributed by atoms with Crippen molar-refractivity contribution in [2.75, 3.05) is 13.1 Å². The predicted molar refractivity (Wildman–Crippen MR) is 112 cm³/mol. The number of benzene rings is 2. The Kier molecular flexibility index (Phi) is 5.61. The van der Waals surface area contributed by atoms with Gasteiger partial charge < -0.3 is 20.4 Å². The van der Waals surface area contributed by atoms with Crippen molar-refractivity contribution in [1.82, 2.24) is 15.6 Å². The number of ether oxygens (including phenoxy) is 1. The van der Waals surface area contributed by atoms with Crippen molar-refractivity contribution in [2.45, 2.75) is 12.5 Å². The molecule has 1 atom stereocenters. The lowest BCUT2D eigenvalue weighted by Crippen LogP contribution is -2.42. The van der Waals surface area contributed by atoms with Crippen LogP contribution < -0.4 is 10.6 Å². The molecule has 2 aromatic carbocycles. The molecule has 1 aliphatic heterocycles. The van der Waals surface area contributed by atoms with Crippen molar-refractivity contribution in [2.24, 2.45) is 0 Å². The highest BCUT2D eigenvalue weighted by atomic mass is 16.6. The molecule has 2 heterocycles. The summed E-state index contributed by atoms with van der Waals surface area (Å²) in [6, 6.07) is 17.1. The molecule has 7 heteroatoms. The SMILES string of the molecule is O=C(CNC(=O)C1OC(=O)C=C1c1ccccc1)NCCc1[nH]cc2ccccc12. The maximum atomic E-state index is 12.5. The van der Waals surface area contributed by atoms with Gasteiger partial charge >= 0.3 is 5.97 Å². The Balaban J connectivity index is 1.27. The zero-order valence-electron chi connectivity index (χ0n) is 16.2. The third-order valence-electron chi connectivity index (χ3n) is 4.94. The van der Waals surface area contributed by atoms with E-state index in [1.165, 1.54) is 6.08 Å². The number of carbonyl (C=O) groups is 3. The summed E-state index contributed by atoms with van der Waals surface area (Å²) < 4.78 is 5.11. The summed E-state index contributed by atoms with van der Waals surface area (Å²) in [6.07, 6.45) is 2.83. The quantitative estimate of drug-likeness (QED) is 0.525. The lowest BCUT2D eigenvalue weighted by molar-refractivity contribution is -0.145. The number of H-pyrrole nitrogens is 1. The monoisotopic (exact) mass is 403 g/mol. The van der Waals surface area contributed by atoms with E-state index < -0.39 is 18.0 Å². The van der Waals surface area contributed by atoms with Gasteiger partial charge in [0.1, 0.15) is 0 Å². The van der Waals surface area contributed by atoms with E-state index in [1.54, 1.807) is 12.1 Å². The second-order valence-electron chi connectivity index (χ2n) is 6.95. The second-order valence-corrected chi connectivity index (χ2v) is 6.95. The van der Waals surface area contributed by atoms with Crippen LogP contribution in [-0.2, 0) is 25.5 Å². The number of nitrogens with one attached hydrogen (secondary N) is 3. The molecule has 1 aromatic heterocycles. The molecule has 7 nitrogen and oxygen atoms in total. The van der Waals surface area contributed by atoms with Crippen LogP contribution in [0.2, 0.25) is 0 Å². The van der Waals surface area contributed by atoms with Gasteiger partial charge in [0.2, 0.25) is 12.0 Å². The number of carbonyl (C=O) groups excluding carboxylic acids is 3. The van der Waals surface area contributed by atoms with E-state index >= 15 is 0 Å². The van der Waals surface area contributed by atoms with E-state index in [-0.39, 0.29) is 12.5 Å². The Labute approximate surface area is 173 Å². The lowest BCUT2D eigenvalue weighted by Gasteiger charge is -2.14. The van der Waals surface area contributed by atoms with Gasteiger partial charge in [-0.1, -0.05) is 54.6 Å². The highest BCUT2D eigenvalue weighted by Gasteiger charge is 2.33. The van der Waals surface area contributed by atoms with Crippen LogP contribution in [0.3, 0.4) is 0 Å². The number of aromatic amines is 1. The molecule has 0 saturated carbocycles. The number of amides is 2. The highest BCUT2D eigenvalue weighted by molar-refractivity contribution is 6.07. The molecule has 0 radical (unpaired) electrons. The van der Waals surface area contributed by atoms with Crippen LogP contribution in [-0.4, -0.2) is 42.0 Å². The van der Waals surface area contributed by atoms with Crippen molar-refractivity contribution < 1.29 is 19.1 Å². The third-order valence-corrected chi connectivity index (χ3v) is 4.94. The van der Waals surface area contributed by atoms with Crippen molar-refractivity contribution in [3.63, 3.8) is 0 Å². The molecule has 3 aromatic rings. The topological polar surface area (TPSA) is 100 Å². The number of esters is 1. The van der Waals surface area contributed by atoms with E-state index in [0.29, 0.717) is 18.5 Å². The van der Waals surface area contributed by atoms with Gasteiger partial charge in [-0.3, -0.25) is 9.59 Å². The molecule has 152 valence electrons. The summed E-state index contributed by atoms with van der Waals surface area (Å²) in [5.41, 5.74) is 2.26. The van der Waals surface area contributed by atoms with Crippen LogP contribution in [0, 0.1) is 0 Å². The lowest BCUT2D eigenvalue weighted by atomic mass is 10.0. The number of hydrogen-bond acceptors (Lipinski definition) is 4. The first-order valence-corrected chi connectivity index (χ1v) is 9.69. The Morgan fingerprint density at radius 2 is 1.77 bits per heavy atom. The molecule has 30 heavy (non-hydrogen) atoms. The number of cyclic esters (lactones) is 1. The Hall–Kier alpha value is -3.87. The first-order valence-electron chi connectivity index (χ1n) is 9.69. The number of fused-ring (bicyclic) bond motifs is 1. The number of rotatable bonds is 7. The van der Waals surface area contributed by atoms with Crippen LogP contribution in [0.25, 0.3) is 16.3 Å². The summed E-state index contributed by atoms with van der Waals surface area (Å²) in [5.74, 6) is -1.41. The molecular formula is C23H21N3O4. The summed E-state index contributed by atoms with van der Waals surface area (Å²) in [7, 11) is 0. The average Bonchev–Trinajstić information content (AvgIpc) is 3.36. The molecule has 0 bridgehead atoms. The molecule has 0 spiro atoms. The van der Waals surface area contributed by atoms with Crippen molar-refractivity contribution in [3.05, 3.63) is 78.1 Å². The Morgan fingerprint density at radius 3 is 2.60 bits per heavy atom. The first kappa shape index (κ1) is 19.4. The van der Waals surface area contributed by atoms with E-state index in [9.17, 15) is 14.4 Å². The average molecular weight is 403 g/mol. The molecule has 2 amide bonds. The van der Waals surface area contributed by atoms with Gasteiger partial charge in [0.25, 0.3) is 5.91 Å². The summed E-state index contributed by atoms with van der Waals surface area (Å²) in [6.45, 7) is 0.243. The van der Waals surface area contributed by atoms with Gasteiger partial charge in [0.05, 0.1) is 6.54 Å². The zero-order valence-corrected chi connectivity index (χ0v) is 16.2. The maximum absolute atomic E-state index is 12.5. The van der Waals surface area contributed by atoms with Gasteiger partial charge in [-0.2, -0.15) is 0 Å². The van der Waals surface area contributed by atoms with Crippen molar-refractivity contribution in [1.29, 1.82) is 0 Å². The Morgan fingerprint density at radius 1 is 1.00 bits per heavy atom. The number of aromatic nitrogens is 1. The van der Waals surface area contributed by atoms with Gasteiger partial charge in [-0.25, -0.2) is 4.79 Å². The normalized spacial score (nSPS) is 15.5. The minimum atomic E-state index is -1.06. The maximum Gasteiger partial charge on any atom is 0.332 e. The van der Waals surface area contributed by atoms with Crippen LogP contribution in [0.1, 0.15) is 11.3 Å². The molecule has 0 aliphatic carbocycles. The minimum Gasteiger partial charge on any atom is -0.444 e. The fourth-order valence-corrected chi connectivity index (χ4v) is 3.47. The van der Waals surface area contributed by atoms with Crippen molar-refractivity contribution in [3.8, 4) is 0 Å². The van der Waals surface area contributed by atoms with E-state index in [2.05, 4.69) is 15.6 Å². The summed E-state index contributed by atoms with van der Waals surface area (Å²) in [5, 5.41) is 7.58. The molecule has 0 fully saturated rings. The van der Waals surface area contributed by atoms with Crippen LogP contribution >= 0.6 is 0 Å². The van der Waals surface area contributed by atoms with Crippen molar-refractivity contribution >= 4 is 34.1 Å². The number of hydrogen-bond donors (Lipinski definition) is 3. The van der Waals surface area contributed by atoms with E-state index in [1.807, 2.05) is 48.7 Å². The van der Waals surface area contributed by atoms with Crippen LogP contribution in [0.15, 0.2) is 66.9 Å². The minimum absolute atomic E-state index is 0.194. The smallest absolute Gasteiger partial charge is 0.332 e. The molecular weight excluding hydrogens is 382 g/mol. The standard InChI is InChI=1S/C23H21N3O4/c27-20(24-11-10-19-17-9-5-4-8-16(17)13-25-19)14-26-23(29)22-18(12-21(28)30-22)15-6-2-1-3-7-15/h1-9,12-13,22,25H,10-11,14H2,(H,24,27)(H,26,29). The molecule has 0 saturated heterocycles. The Bertz CT molecular complexity index is 1120. The molecule has 1 aliphatic rings. The second kappa shape index (κ2) is 8.65. The molecule has 1 unspecified atom stereocenters. The molecule has 3 N–H and O–H groups in total. The van der Waals surface area contributed by atoms with Crippen LogP contribution in [0.4, 0.5) is 0 Å². The van der Waals surface area contributed by atoms with E-state index in [4.69, 9.17) is 4.74 Å². The van der Waals surface area contributed by atoms with Gasteiger partial charge in [0.15, 0.2) is 0 Å². The first-order chi connectivity index (χ1) is 14.6. The predicted octanol–water partition coefficient (Wildman–Crippen LogP) is 1.95. The van der Waals surface area contributed by atoms with Gasteiger partial charge in [0, 0.05) is 41.9 Å². The summed E-state index contributed by atoms with van der Waals surface area (Å²) >= 11 is 0. The fourth-order valence-electron chi connectivity index (χ4n) is 3.47. The van der Waals surface area contributed by atoms with Gasteiger partial charge in [-0.05, 0) is 10.9 Å². The van der Waals surface area contributed by atoms with E-state index in [0.717, 1.165) is 22.0 Å². The fraction of sp³-hybridized carbons (Fsp3) is 0.174.